The van der Waals surface area contributed by atoms with E-state index >= 15 is 0 Å². The van der Waals surface area contributed by atoms with Crippen LogP contribution in [0.3, 0.4) is 0 Å². The van der Waals surface area contributed by atoms with Crippen LogP contribution in [0.1, 0.15) is 33.6 Å². The number of fused-ring (bicyclic) bond motifs is 1. The summed E-state index contributed by atoms with van der Waals surface area (Å²) in [5.74, 6) is 0. The summed E-state index contributed by atoms with van der Waals surface area (Å²) in [7, 11) is 0. The van der Waals surface area contributed by atoms with E-state index in [0.717, 1.165) is 12.1 Å². The molecule has 0 aliphatic rings. The quantitative estimate of drug-likeness (QED) is 0.742. The summed E-state index contributed by atoms with van der Waals surface area (Å²) >= 11 is 0. The van der Waals surface area contributed by atoms with Crippen LogP contribution < -0.4 is 0 Å². The summed E-state index contributed by atoms with van der Waals surface area (Å²) in [5, 5.41) is 0. The first kappa shape index (κ1) is 11.8. The van der Waals surface area contributed by atoms with Crippen molar-refractivity contribution in [3.8, 4) is 0 Å². The van der Waals surface area contributed by atoms with E-state index in [4.69, 9.17) is 0 Å². The van der Waals surface area contributed by atoms with Crippen molar-refractivity contribution in [1.29, 1.82) is 0 Å². The SMILES string of the molecule is CC.CCCCn1cnc2ccccc21. The maximum Gasteiger partial charge on any atom is 0.0958 e. The summed E-state index contributed by atoms with van der Waals surface area (Å²) in [6, 6.07) is 8.27. The van der Waals surface area contributed by atoms with E-state index in [-0.39, 0.29) is 0 Å². The lowest BCUT2D eigenvalue weighted by Gasteiger charge is -2.01. The minimum Gasteiger partial charge on any atom is -0.331 e. The number of hydrogen-bond acceptors (Lipinski definition) is 1. The Morgan fingerprint density at radius 1 is 1.20 bits per heavy atom. The number of benzene rings is 1. The molecule has 1 aromatic carbocycles. The minimum atomic E-state index is 1.08. The molecule has 0 atom stereocenters. The first-order valence-corrected chi connectivity index (χ1v) is 5.81. The van der Waals surface area contributed by atoms with Crippen molar-refractivity contribution in [2.45, 2.75) is 40.2 Å². The lowest BCUT2D eigenvalue weighted by molar-refractivity contribution is 0.646. The molecule has 0 spiro atoms. The predicted octanol–water partition coefficient (Wildman–Crippen LogP) is 3.86. The standard InChI is InChI=1S/C11H14N2.C2H6/c1-2-3-8-13-9-12-10-6-4-5-7-11(10)13;1-2/h4-7,9H,2-3,8H2,1H3;1-2H3. The molecule has 15 heavy (non-hydrogen) atoms. The Morgan fingerprint density at radius 3 is 2.67 bits per heavy atom. The van der Waals surface area contributed by atoms with Crippen LogP contribution in [0.2, 0.25) is 0 Å². The number of aryl methyl sites for hydroxylation is 1. The molecule has 0 unspecified atom stereocenters. The molecular formula is C13H20N2. The van der Waals surface area contributed by atoms with Gasteiger partial charge in [-0.2, -0.15) is 0 Å². The highest BCUT2D eigenvalue weighted by molar-refractivity contribution is 5.74. The third-order valence-electron chi connectivity index (χ3n) is 2.28. The Balaban J connectivity index is 0.000000531. The van der Waals surface area contributed by atoms with Gasteiger partial charge in [-0.25, -0.2) is 4.98 Å². The highest BCUT2D eigenvalue weighted by Gasteiger charge is 1.99. The van der Waals surface area contributed by atoms with Gasteiger partial charge in [-0.15, -0.1) is 0 Å². The van der Waals surface area contributed by atoms with Gasteiger partial charge in [0.1, 0.15) is 0 Å². The van der Waals surface area contributed by atoms with Crippen molar-refractivity contribution >= 4 is 11.0 Å². The normalized spacial score (nSPS) is 9.80. The topological polar surface area (TPSA) is 17.8 Å². The summed E-state index contributed by atoms with van der Waals surface area (Å²) in [6.45, 7) is 7.29. The van der Waals surface area contributed by atoms with E-state index in [1.54, 1.807) is 0 Å². The lowest BCUT2D eigenvalue weighted by atomic mass is 10.3. The number of imidazole rings is 1. The van der Waals surface area contributed by atoms with E-state index in [2.05, 4.69) is 34.7 Å². The fourth-order valence-electron chi connectivity index (χ4n) is 1.52. The molecule has 0 aliphatic heterocycles. The van der Waals surface area contributed by atoms with Gasteiger partial charge in [0.25, 0.3) is 0 Å². The maximum absolute atomic E-state index is 4.33. The molecule has 1 heterocycles. The van der Waals surface area contributed by atoms with Crippen LogP contribution in [0.5, 0.6) is 0 Å². The summed E-state index contributed by atoms with van der Waals surface area (Å²) < 4.78 is 2.22. The zero-order valence-electron chi connectivity index (χ0n) is 9.90. The third kappa shape index (κ3) is 2.82. The molecule has 2 heteroatoms. The fraction of sp³-hybridized carbons (Fsp3) is 0.462. The predicted molar refractivity (Wildman–Crippen MR) is 66.0 cm³/mol. The maximum atomic E-state index is 4.33. The molecule has 1 aromatic heterocycles. The molecule has 2 rings (SSSR count). The van der Waals surface area contributed by atoms with Gasteiger partial charge in [-0.05, 0) is 18.6 Å². The molecule has 0 saturated heterocycles. The van der Waals surface area contributed by atoms with E-state index in [9.17, 15) is 0 Å². The number of hydrogen-bond donors (Lipinski definition) is 0. The number of unbranched alkanes of at least 4 members (excludes halogenated alkanes) is 1. The van der Waals surface area contributed by atoms with E-state index in [0.29, 0.717) is 0 Å². The highest BCUT2D eigenvalue weighted by Crippen LogP contribution is 2.12. The first-order chi connectivity index (χ1) is 7.42. The molecule has 0 fully saturated rings. The molecule has 0 radical (unpaired) electrons. The van der Waals surface area contributed by atoms with Gasteiger partial charge < -0.3 is 4.57 Å². The highest BCUT2D eigenvalue weighted by atomic mass is 15.0. The smallest absolute Gasteiger partial charge is 0.0958 e. The Bertz CT molecular complexity index is 390. The summed E-state index contributed by atoms with van der Waals surface area (Å²) in [5.41, 5.74) is 2.34. The Kier molecular flexibility index (Phi) is 4.88. The average Bonchev–Trinajstić information content (AvgIpc) is 2.72. The Hall–Kier alpha value is -1.31. The number of para-hydroxylation sites is 2. The molecule has 0 bridgehead atoms. The van der Waals surface area contributed by atoms with Gasteiger partial charge in [0.05, 0.1) is 17.4 Å². The molecule has 0 saturated carbocycles. The van der Waals surface area contributed by atoms with Gasteiger partial charge in [0.2, 0.25) is 0 Å². The molecule has 82 valence electrons. The van der Waals surface area contributed by atoms with Crippen LogP contribution in [0.15, 0.2) is 30.6 Å². The second kappa shape index (κ2) is 6.23. The molecular weight excluding hydrogens is 184 g/mol. The number of nitrogens with zero attached hydrogens (tertiary/aromatic N) is 2. The van der Waals surface area contributed by atoms with Crippen molar-refractivity contribution in [3.05, 3.63) is 30.6 Å². The van der Waals surface area contributed by atoms with Crippen LogP contribution in [0.25, 0.3) is 11.0 Å². The van der Waals surface area contributed by atoms with Gasteiger partial charge in [0.15, 0.2) is 0 Å². The monoisotopic (exact) mass is 204 g/mol. The summed E-state index contributed by atoms with van der Waals surface area (Å²) in [4.78, 5) is 4.33. The van der Waals surface area contributed by atoms with E-state index < -0.39 is 0 Å². The van der Waals surface area contributed by atoms with Crippen molar-refractivity contribution in [2.24, 2.45) is 0 Å². The number of aromatic nitrogens is 2. The average molecular weight is 204 g/mol. The zero-order chi connectivity index (χ0) is 11.1. The third-order valence-corrected chi connectivity index (χ3v) is 2.28. The van der Waals surface area contributed by atoms with Crippen molar-refractivity contribution in [3.63, 3.8) is 0 Å². The van der Waals surface area contributed by atoms with Crippen molar-refractivity contribution < 1.29 is 0 Å². The molecule has 0 N–H and O–H groups in total. The van der Waals surface area contributed by atoms with Crippen molar-refractivity contribution in [1.82, 2.24) is 9.55 Å². The van der Waals surface area contributed by atoms with Gasteiger partial charge >= 0.3 is 0 Å². The van der Waals surface area contributed by atoms with E-state index in [1.165, 1.54) is 18.4 Å². The Morgan fingerprint density at radius 2 is 1.93 bits per heavy atom. The second-order valence-corrected chi connectivity index (χ2v) is 3.28. The van der Waals surface area contributed by atoms with Crippen LogP contribution in [-0.4, -0.2) is 9.55 Å². The molecule has 2 nitrogen and oxygen atoms in total. The second-order valence-electron chi connectivity index (χ2n) is 3.28. The summed E-state index contributed by atoms with van der Waals surface area (Å²) in [6.07, 6.45) is 4.38. The zero-order valence-corrected chi connectivity index (χ0v) is 9.90. The molecule has 2 aromatic rings. The number of rotatable bonds is 3. The largest absolute Gasteiger partial charge is 0.331 e. The minimum absolute atomic E-state index is 1.08. The van der Waals surface area contributed by atoms with E-state index in [1.807, 2.05) is 26.2 Å². The van der Waals surface area contributed by atoms with Crippen LogP contribution in [0, 0.1) is 0 Å². The van der Waals surface area contributed by atoms with Gasteiger partial charge in [-0.3, -0.25) is 0 Å². The fourth-order valence-corrected chi connectivity index (χ4v) is 1.52. The molecule has 0 aliphatic carbocycles. The van der Waals surface area contributed by atoms with Crippen LogP contribution in [-0.2, 0) is 6.54 Å². The first-order valence-electron chi connectivity index (χ1n) is 5.81. The Labute approximate surface area is 91.9 Å². The van der Waals surface area contributed by atoms with Crippen LogP contribution >= 0.6 is 0 Å². The van der Waals surface area contributed by atoms with Gasteiger partial charge in [-0.1, -0.05) is 39.3 Å². The lowest BCUT2D eigenvalue weighted by Crippen LogP contribution is -1.94. The van der Waals surface area contributed by atoms with Gasteiger partial charge in [0, 0.05) is 6.54 Å². The van der Waals surface area contributed by atoms with Crippen LogP contribution in [0.4, 0.5) is 0 Å². The molecule has 0 amide bonds. The van der Waals surface area contributed by atoms with Crippen molar-refractivity contribution in [2.75, 3.05) is 0 Å².